The van der Waals surface area contributed by atoms with E-state index >= 15 is 0 Å². The van der Waals surface area contributed by atoms with Gasteiger partial charge in [0, 0.05) is 38.2 Å². The molecule has 0 saturated carbocycles. The number of amides is 2. The minimum absolute atomic E-state index is 0.107. The molecule has 34 heavy (non-hydrogen) atoms. The highest BCUT2D eigenvalue weighted by Gasteiger charge is 2.43. The van der Waals surface area contributed by atoms with Crippen molar-refractivity contribution in [3.63, 3.8) is 0 Å². The number of likely N-dealkylation sites (tertiary alicyclic amines) is 1. The van der Waals surface area contributed by atoms with Gasteiger partial charge in [0.05, 0.1) is 5.69 Å². The van der Waals surface area contributed by atoms with Crippen LogP contribution in [0.15, 0.2) is 41.6 Å². The van der Waals surface area contributed by atoms with Crippen molar-refractivity contribution in [1.82, 2.24) is 19.8 Å². The van der Waals surface area contributed by atoms with Crippen LogP contribution in [0.2, 0.25) is 0 Å². The molecule has 0 aliphatic carbocycles. The second-order valence-corrected chi connectivity index (χ2v) is 8.91. The molecule has 2 amide bonds. The van der Waals surface area contributed by atoms with Crippen LogP contribution in [0, 0.1) is 5.92 Å². The van der Waals surface area contributed by atoms with Crippen LogP contribution in [0.5, 0.6) is 0 Å². The van der Waals surface area contributed by atoms with E-state index in [1.807, 2.05) is 19.2 Å². The third-order valence-electron chi connectivity index (χ3n) is 5.61. The molecule has 1 fully saturated rings. The molecule has 0 aromatic carbocycles. The number of halogens is 3. The van der Waals surface area contributed by atoms with Gasteiger partial charge in [-0.2, -0.15) is 13.2 Å². The zero-order valence-corrected chi connectivity index (χ0v) is 19.3. The molecule has 3 heterocycles. The molecule has 0 unspecified atom stereocenters. The summed E-state index contributed by atoms with van der Waals surface area (Å²) in [5.41, 5.74) is -2.00. The van der Waals surface area contributed by atoms with Crippen molar-refractivity contribution in [2.24, 2.45) is 5.92 Å². The van der Waals surface area contributed by atoms with Crippen LogP contribution < -0.4 is 10.7 Å². The van der Waals surface area contributed by atoms with Crippen molar-refractivity contribution < 1.29 is 22.8 Å². The van der Waals surface area contributed by atoms with Gasteiger partial charge in [0.2, 0.25) is 5.43 Å². The molecular weight excluding hydrogens is 449 g/mol. The van der Waals surface area contributed by atoms with E-state index in [9.17, 15) is 27.6 Å². The molecule has 10 heteroatoms. The van der Waals surface area contributed by atoms with Gasteiger partial charge in [-0.3, -0.25) is 19.4 Å². The van der Waals surface area contributed by atoms with Gasteiger partial charge in [0.1, 0.15) is 11.1 Å². The first-order chi connectivity index (χ1) is 16.1. The van der Waals surface area contributed by atoms with Crippen LogP contribution in [-0.2, 0) is 6.54 Å². The fraction of sp³-hybridized carbons (Fsp3) is 0.500. The van der Waals surface area contributed by atoms with Crippen molar-refractivity contribution in [2.45, 2.75) is 58.3 Å². The first-order valence-corrected chi connectivity index (χ1v) is 11.4. The Morgan fingerprint density at radius 3 is 2.26 bits per heavy atom. The average molecular weight is 479 g/mol. The summed E-state index contributed by atoms with van der Waals surface area (Å²) < 4.78 is 42.7. The van der Waals surface area contributed by atoms with E-state index in [1.54, 1.807) is 4.90 Å². The quantitative estimate of drug-likeness (QED) is 0.682. The summed E-state index contributed by atoms with van der Waals surface area (Å²) in [6, 6.07) is 1.59. The first kappa shape index (κ1) is 25.5. The van der Waals surface area contributed by atoms with E-state index in [4.69, 9.17) is 0 Å². The SMILES string of the molecule is CC(C)Cn1cc(C(=O)N[C@H](c2ccccn2)C(F)(F)F)c(=O)c(C(=O)N2CCCCCC2)c1. The third-order valence-corrected chi connectivity index (χ3v) is 5.61. The van der Waals surface area contributed by atoms with Crippen molar-refractivity contribution in [3.8, 4) is 0 Å². The fourth-order valence-corrected chi connectivity index (χ4v) is 4.00. The second kappa shape index (κ2) is 10.8. The van der Waals surface area contributed by atoms with E-state index in [1.165, 1.54) is 35.3 Å². The molecule has 1 aliphatic heterocycles. The average Bonchev–Trinajstić information content (AvgIpc) is 3.07. The maximum atomic E-state index is 13.7. The smallest absolute Gasteiger partial charge is 0.352 e. The van der Waals surface area contributed by atoms with Gasteiger partial charge in [-0.25, -0.2) is 0 Å². The highest BCUT2D eigenvalue weighted by molar-refractivity contribution is 5.99. The van der Waals surface area contributed by atoms with Crippen molar-refractivity contribution in [3.05, 3.63) is 63.8 Å². The Bertz CT molecular complexity index is 1060. The van der Waals surface area contributed by atoms with Crippen LogP contribution in [0.1, 0.15) is 72.0 Å². The number of rotatable bonds is 6. The zero-order chi connectivity index (χ0) is 24.9. The highest BCUT2D eigenvalue weighted by Crippen LogP contribution is 2.31. The van der Waals surface area contributed by atoms with Crippen LogP contribution in [0.3, 0.4) is 0 Å². The molecule has 0 bridgehead atoms. The molecular formula is C24H29F3N4O3. The van der Waals surface area contributed by atoms with Crippen LogP contribution >= 0.6 is 0 Å². The van der Waals surface area contributed by atoms with Gasteiger partial charge in [-0.1, -0.05) is 32.8 Å². The number of pyridine rings is 2. The lowest BCUT2D eigenvalue weighted by molar-refractivity contribution is -0.156. The van der Waals surface area contributed by atoms with Gasteiger partial charge in [-0.05, 0) is 30.9 Å². The Hall–Kier alpha value is -3.17. The number of hydrogen-bond donors (Lipinski definition) is 1. The van der Waals surface area contributed by atoms with E-state index in [-0.39, 0.29) is 11.5 Å². The number of carbonyl (C=O) groups is 2. The molecule has 2 aromatic heterocycles. The Labute approximate surface area is 196 Å². The standard InChI is InChI=1S/C24H29F3N4O3/c1-16(2)13-30-14-17(20(32)18(15-30)23(34)31-11-7-3-4-8-12-31)22(33)29-21(24(25,26)27)19-9-5-6-10-28-19/h5-6,9-10,14-16,21H,3-4,7-8,11-13H2,1-2H3,(H,29,33)/t21-/m1/s1. The lowest BCUT2D eigenvalue weighted by Crippen LogP contribution is -2.42. The maximum Gasteiger partial charge on any atom is 0.414 e. The Balaban J connectivity index is 2.00. The molecule has 0 spiro atoms. The zero-order valence-electron chi connectivity index (χ0n) is 19.3. The van der Waals surface area contributed by atoms with E-state index in [0.717, 1.165) is 31.7 Å². The summed E-state index contributed by atoms with van der Waals surface area (Å²) in [5.74, 6) is -1.60. The molecule has 7 nitrogen and oxygen atoms in total. The molecule has 1 N–H and O–H groups in total. The summed E-state index contributed by atoms with van der Waals surface area (Å²) in [4.78, 5) is 44.6. The number of aromatic nitrogens is 2. The summed E-state index contributed by atoms with van der Waals surface area (Å²) in [6.45, 7) is 5.19. The monoisotopic (exact) mass is 478 g/mol. The molecule has 1 aliphatic rings. The maximum absolute atomic E-state index is 13.7. The highest BCUT2D eigenvalue weighted by atomic mass is 19.4. The molecule has 0 radical (unpaired) electrons. The summed E-state index contributed by atoms with van der Waals surface area (Å²) in [6.07, 6.45) is 2.55. The van der Waals surface area contributed by atoms with Gasteiger partial charge >= 0.3 is 6.18 Å². The largest absolute Gasteiger partial charge is 0.414 e. The lowest BCUT2D eigenvalue weighted by Gasteiger charge is -2.23. The number of carbonyl (C=O) groups excluding carboxylic acids is 2. The normalized spacial score (nSPS) is 15.6. The minimum atomic E-state index is -4.83. The van der Waals surface area contributed by atoms with E-state index < -0.39 is 40.7 Å². The predicted octanol–water partition coefficient (Wildman–Crippen LogP) is 3.95. The summed E-state index contributed by atoms with van der Waals surface area (Å²) in [5, 5.41) is 1.90. The lowest BCUT2D eigenvalue weighted by atomic mass is 10.1. The Morgan fingerprint density at radius 1 is 1.06 bits per heavy atom. The van der Waals surface area contributed by atoms with E-state index in [0.29, 0.717) is 19.6 Å². The first-order valence-electron chi connectivity index (χ1n) is 11.4. The van der Waals surface area contributed by atoms with Crippen LogP contribution in [-0.4, -0.2) is 45.5 Å². The topological polar surface area (TPSA) is 84.3 Å². The fourth-order valence-electron chi connectivity index (χ4n) is 4.00. The number of hydrogen-bond acceptors (Lipinski definition) is 4. The van der Waals surface area contributed by atoms with E-state index in [2.05, 4.69) is 4.98 Å². The van der Waals surface area contributed by atoms with Crippen LogP contribution in [0.25, 0.3) is 0 Å². The van der Waals surface area contributed by atoms with Crippen molar-refractivity contribution >= 4 is 11.8 Å². The van der Waals surface area contributed by atoms with Gasteiger partial charge < -0.3 is 14.8 Å². The van der Waals surface area contributed by atoms with Gasteiger partial charge in [-0.15, -0.1) is 0 Å². The van der Waals surface area contributed by atoms with Crippen LogP contribution in [0.4, 0.5) is 13.2 Å². The molecule has 3 rings (SSSR count). The molecule has 2 aromatic rings. The number of nitrogens with zero attached hydrogens (tertiary/aromatic N) is 3. The number of nitrogens with one attached hydrogen (secondary N) is 1. The molecule has 1 atom stereocenters. The Morgan fingerprint density at radius 2 is 1.71 bits per heavy atom. The van der Waals surface area contributed by atoms with Gasteiger partial charge in [0.15, 0.2) is 6.04 Å². The summed E-state index contributed by atoms with van der Waals surface area (Å²) in [7, 11) is 0. The predicted molar refractivity (Wildman–Crippen MR) is 120 cm³/mol. The Kier molecular flexibility index (Phi) is 8.11. The molecule has 1 saturated heterocycles. The third kappa shape index (κ3) is 6.24. The summed E-state index contributed by atoms with van der Waals surface area (Å²) >= 11 is 0. The minimum Gasteiger partial charge on any atom is -0.352 e. The van der Waals surface area contributed by atoms with Gasteiger partial charge in [0.25, 0.3) is 11.8 Å². The van der Waals surface area contributed by atoms with Crippen molar-refractivity contribution in [1.29, 1.82) is 0 Å². The second-order valence-electron chi connectivity index (χ2n) is 8.91. The molecule has 184 valence electrons. The number of alkyl halides is 3. The van der Waals surface area contributed by atoms with Crippen molar-refractivity contribution in [2.75, 3.05) is 13.1 Å².